The molecule has 0 spiro atoms. The summed E-state index contributed by atoms with van der Waals surface area (Å²) in [5.41, 5.74) is 0.859. The van der Waals surface area contributed by atoms with Crippen LogP contribution in [0.2, 0.25) is 0 Å². The average molecular weight is 403 g/mol. The number of nitrogens with one attached hydrogen (secondary N) is 2. The van der Waals surface area contributed by atoms with E-state index in [1.165, 1.54) is 12.1 Å². The maximum Gasteiger partial charge on any atom is 0.239 e. The first-order valence-corrected chi connectivity index (χ1v) is 9.62. The number of aryl methyl sites for hydroxylation is 1. The summed E-state index contributed by atoms with van der Waals surface area (Å²) in [6.07, 6.45) is 0. The Morgan fingerprint density at radius 2 is 1.69 bits per heavy atom. The van der Waals surface area contributed by atoms with Crippen LogP contribution in [-0.4, -0.2) is 66.0 Å². The van der Waals surface area contributed by atoms with Crippen molar-refractivity contribution in [3.8, 4) is 0 Å². The van der Waals surface area contributed by atoms with Crippen LogP contribution < -0.4 is 10.6 Å². The number of aromatic nitrogens is 1. The van der Waals surface area contributed by atoms with Crippen LogP contribution in [0.15, 0.2) is 34.9 Å². The van der Waals surface area contributed by atoms with Gasteiger partial charge in [0.2, 0.25) is 11.8 Å². The highest BCUT2D eigenvalue weighted by Crippen LogP contribution is 2.13. The largest absolute Gasteiger partial charge is 0.360 e. The van der Waals surface area contributed by atoms with Crippen molar-refractivity contribution in [1.82, 2.24) is 20.3 Å². The first kappa shape index (κ1) is 20.9. The lowest BCUT2D eigenvalue weighted by atomic mass is 10.1. The van der Waals surface area contributed by atoms with E-state index in [2.05, 4.69) is 20.7 Å². The monoisotopic (exact) mass is 403 g/mol. The number of rotatable bonds is 7. The van der Waals surface area contributed by atoms with Gasteiger partial charge in [-0.15, -0.1) is 0 Å². The third-order valence-corrected chi connectivity index (χ3v) is 4.84. The molecule has 0 radical (unpaired) electrons. The van der Waals surface area contributed by atoms with Gasteiger partial charge in [0.25, 0.3) is 0 Å². The van der Waals surface area contributed by atoms with Crippen LogP contribution in [0.4, 0.5) is 10.2 Å². The molecule has 1 fully saturated rings. The summed E-state index contributed by atoms with van der Waals surface area (Å²) in [6.45, 7) is 7.01. The number of carbonyl (C=O) groups is 2. The molecule has 1 saturated heterocycles. The lowest BCUT2D eigenvalue weighted by molar-refractivity contribution is -0.124. The standard InChI is InChI=1S/C20H26FN5O3/c1-14-11-18(24-29-14)23-20(28)13-26-9-7-25(8-10-26)12-19(27)22-15(2)16-3-5-17(21)6-4-16/h3-6,11,15H,7-10,12-13H2,1-2H3,(H,22,27)(H,23,24,28). The zero-order valence-corrected chi connectivity index (χ0v) is 16.7. The lowest BCUT2D eigenvalue weighted by Gasteiger charge is -2.34. The molecule has 29 heavy (non-hydrogen) atoms. The first-order chi connectivity index (χ1) is 13.9. The first-order valence-electron chi connectivity index (χ1n) is 9.62. The molecule has 3 rings (SSSR count). The molecule has 1 unspecified atom stereocenters. The Balaban J connectivity index is 1.37. The van der Waals surface area contributed by atoms with Gasteiger partial charge in [-0.25, -0.2) is 4.39 Å². The van der Waals surface area contributed by atoms with E-state index < -0.39 is 0 Å². The lowest BCUT2D eigenvalue weighted by Crippen LogP contribution is -2.51. The highest BCUT2D eigenvalue weighted by Gasteiger charge is 2.21. The van der Waals surface area contributed by atoms with Crippen molar-refractivity contribution in [3.63, 3.8) is 0 Å². The molecule has 2 amide bonds. The van der Waals surface area contributed by atoms with E-state index in [0.29, 0.717) is 44.3 Å². The van der Waals surface area contributed by atoms with E-state index in [1.807, 2.05) is 11.8 Å². The summed E-state index contributed by atoms with van der Waals surface area (Å²) in [7, 11) is 0. The zero-order chi connectivity index (χ0) is 20.8. The topological polar surface area (TPSA) is 90.7 Å². The molecule has 8 nitrogen and oxygen atoms in total. The van der Waals surface area contributed by atoms with Gasteiger partial charge in [-0.2, -0.15) is 0 Å². The van der Waals surface area contributed by atoms with Crippen LogP contribution in [0.5, 0.6) is 0 Å². The second-order valence-electron chi connectivity index (χ2n) is 7.26. The van der Waals surface area contributed by atoms with E-state index in [9.17, 15) is 14.0 Å². The number of benzene rings is 1. The van der Waals surface area contributed by atoms with E-state index in [0.717, 1.165) is 5.56 Å². The minimum atomic E-state index is -0.296. The second-order valence-corrected chi connectivity index (χ2v) is 7.26. The summed E-state index contributed by atoms with van der Waals surface area (Å²) < 4.78 is 17.9. The van der Waals surface area contributed by atoms with Crippen LogP contribution in [0.3, 0.4) is 0 Å². The van der Waals surface area contributed by atoms with Crippen molar-refractivity contribution < 1.29 is 18.5 Å². The number of nitrogens with zero attached hydrogens (tertiary/aromatic N) is 3. The van der Waals surface area contributed by atoms with Gasteiger partial charge in [0.15, 0.2) is 5.82 Å². The Bertz CT molecular complexity index is 831. The van der Waals surface area contributed by atoms with Crippen molar-refractivity contribution in [3.05, 3.63) is 47.5 Å². The normalized spacial score (nSPS) is 16.4. The van der Waals surface area contributed by atoms with Crippen LogP contribution in [0, 0.1) is 12.7 Å². The number of hydrogen-bond donors (Lipinski definition) is 2. The van der Waals surface area contributed by atoms with Crippen LogP contribution in [0.1, 0.15) is 24.3 Å². The number of hydrogen-bond acceptors (Lipinski definition) is 6. The van der Waals surface area contributed by atoms with E-state index in [1.54, 1.807) is 25.1 Å². The molecule has 1 aromatic heterocycles. The summed E-state index contributed by atoms with van der Waals surface area (Å²) in [4.78, 5) is 28.5. The fraction of sp³-hybridized carbons (Fsp3) is 0.450. The quantitative estimate of drug-likeness (QED) is 0.729. The molecule has 1 aliphatic heterocycles. The summed E-state index contributed by atoms with van der Waals surface area (Å²) in [6, 6.07) is 7.60. The fourth-order valence-corrected chi connectivity index (χ4v) is 3.24. The van der Waals surface area contributed by atoms with Crippen LogP contribution >= 0.6 is 0 Å². The Morgan fingerprint density at radius 3 is 2.24 bits per heavy atom. The smallest absolute Gasteiger partial charge is 0.239 e. The highest BCUT2D eigenvalue weighted by atomic mass is 19.1. The molecule has 0 bridgehead atoms. The zero-order valence-electron chi connectivity index (χ0n) is 16.7. The SMILES string of the molecule is Cc1cc(NC(=O)CN2CCN(CC(=O)NC(C)c3ccc(F)cc3)CC2)no1. The Labute approximate surface area is 169 Å². The average Bonchev–Trinajstić information content (AvgIpc) is 3.08. The van der Waals surface area contributed by atoms with E-state index in [-0.39, 0.29) is 30.2 Å². The number of anilines is 1. The Morgan fingerprint density at radius 1 is 1.10 bits per heavy atom. The molecule has 2 heterocycles. The van der Waals surface area contributed by atoms with Crippen molar-refractivity contribution in [2.75, 3.05) is 44.6 Å². The Hall–Kier alpha value is -2.78. The molecular weight excluding hydrogens is 377 g/mol. The third kappa shape index (κ3) is 6.37. The summed E-state index contributed by atoms with van der Waals surface area (Å²) >= 11 is 0. The maximum absolute atomic E-state index is 13.0. The van der Waals surface area contributed by atoms with Gasteiger partial charge in [-0.1, -0.05) is 17.3 Å². The van der Waals surface area contributed by atoms with Crippen molar-refractivity contribution in [2.45, 2.75) is 19.9 Å². The van der Waals surface area contributed by atoms with Crippen molar-refractivity contribution in [1.29, 1.82) is 0 Å². The summed E-state index contributed by atoms with van der Waals surface area (Å²) in [5.74, 6) is 0.543. The summed E-state index contributed by atoms with van der Waals surface area (Å²) in [5, 5.41) is 9.39. The molecule has 2 aromatic rings. The number of piperazine rings is 1. The predicted molar refractivity (Wildman–Crippen MR) is 106 cm³/mol. The third-order valence-electron chi connectivity index (χ3n) is 4.84. The van der Waals surface area contributed by atoms with E-state index >= 15 is 0 Å². The molecule has 0 saturated carbocycles. The maximum atomic E-state index is 13.0. The van der Waals surface area contributed by atoms with Gasteiger partial charge in [-0.05, 0) is 31.5 Å². The van der Waals surface area contributed by atoms with Gasteiger partial charge < -0.3 is 15.2 Å². The Kier molecular flexibility index (Phi) is 6.95. The minimum Gasteiger partial charge on any atom is -0.360 e. The van der Waals surface area contributed by atoms with E-state index in [4.69, 9.17) is 4.52 Å². The van der Waals surface area contributed by atoms with Crippen LogP contribution in [-0.2, 0) is 9.59 Å². The number of halogens is 1. The highest BCUT2D eigenvalue weighted by molar-refractivity contribution is 5.91. The molecule has 1 aromatic carbocycles. The van der Waals surface area contributed by atoms with Gasteiger partial charge in [0.1, 0.15) is 11.6 Å². The van der Waals surface area contributed by atoms with Crippen molar-refractivity contribution in [2.24, 2.45) is 0 Å². The molecule has 1 atom stereocenters. The van der Waals surface area contributed by atoms with Gasteiger partial charge >= 0.3 is 0 Å². The van der Waals surface area contributed by atoms with Gasteiger partial charge in [-0.3, -0.25) is 19.4 Å². The second kappa shape index (κ2) is 9.62. The molecular formula is C20H26FN5O3. The number of carbonyl (C=O) groups excluding carboxylic acids is 2. The molecule has 9 heteroatoms. The minimum absolute atomic E-state index is 0.0746. The molecule has 156 valence electrons. The predicted octanol–water partition coefficient (Wildman–Crippen LogP) is 1.56. The van der Waals surface area contributed by atoms with Crippen molar-refractivity contribution >= 4 is 17.6 Å². The molecule has 2 N–H and O–H groups in total. The van der Waals surface area contributed by atoms with Gasteiger partial charge in [0, 0.05) is 32.2 Å². The molecule has 0 aliphatic carbocycles. The van der Waals surface area contributed by atoms with Crippen LogP contribution in [0.25, 0.3) is 0 Å². The van der Waals surface area contributed by atoms with Gasteiger partial charge in [0.05, 0.1) is 19.1 Å². The molecule has 1 aliphatic rings. The number of amides is 2. The fourth-order valence-electron chi connectivity index (χ4n) is 3.24.